The number of methoxy groups -OCH3 is 1. The van der Waals surface area contributed by atoms with Crippen LogP contribution >= 0.6 is 11.8 Å². The van der Waals surface area contributed by atoms with Crippen LogP contribution in [0.5, 0.6) is 11.5 Å². The second-order valence-electron chi connectivity index (χ2n) is 5.73. The monoisotopic (exact) mass is 372 g/mol. The lowest BCUT2D eigenvalue weighted by atomic mass is 10.1. The molecule has 5 nitrogen and oxygen atoms in total. The van der Waals surface area contributed by atoms with Crippen LogP contribution in [0, 0.1) is 5.82 Å². The van der Waals surface area contributed by atoms with Crippen molar-refractivity contribution in [2.75, 3.05) is 13.9 Å². The SMILES string of the molecule is COc1cccc(-n2ccnc2SCc2cc(F)cc3c2OCOC3)c1. The van der Waals surface area contributed by atoms with Crippen LogP contribution in [0.15, 0.2) is 53.9 Å². The number of rotatable bonds is 5. The van der Waals surface area contributed by atoms with Crippen LogP contribution in [0.4, 0.5) is 4.39 Å². The second kappa shape index (κ2) is 7.39. The Labute approximate surface area is 154 Å². The molecular weight excluding hydrogens is 355 g/mol. The molecule has 0 atom stereocenters. The zero-order valence-corrected chi connectivity index (χ0v) is 15.0. The Bertz CT molecular complexity index is 929. The summed E-state index contributed by atoms with van der Waals surface area (Å²) in [6, 6.07) is 10.7. The topological polar surface area (TPSA) is 45.5 Å². The first kappa shape index (κ1) is 16.9. The van der Waals surface area contributed by atoms with E-state index in [1.54, 1.807) is 13.3 Å². The van der Waals surface area contributed by atoms with Gasteiger partial charge in [0.15, 0.2) is 11.9 Å². The molecule has 1 aliphatic rings. The van der Waals surface area contributed by atoms with E-state index in [9.17, 15) is 4.39 Å². The normalized spacial score (nSPS) is 13.2. The lowest BCUT2D eigenvalue weighted by molar-refractivity contribution is -0.0171. The predicted octanol–water partition coefficient (Wildman–Crippen LogP) is 4.18. The van der Waals surface area contributed by atoms with Crippen molar-refractivity contribution in [1.29, 1.82) is 0 Å². The molecule has 26 heavy (non-hydrogen) atoms. The Morgan fingerprint density at radius 1 is 1.31 bits per heavy atom. The average Bonchev–Trinajstić information content (AvgIpc) is 3.14. The third-order valence-electron chi connectivity index (χ3n) is 4.05. The van der Waals surface area contributed by atoms with Gasteiger partial charge < -0.3 is 14.2 Å². The van der Waals surface area contributed by atoms with Gasteiger partial charge in [0.25, 0.3) is 0 Å². The smallest absolute Gasteiger partial charge is 0.189 e. The Morgan fingerprint density at radius 3 is 3.12 bits per heavy atom. The van der Waals surface area contributed by atoms with Crippen molar-refractivity contribution in [1.82, 2.24) is 9.55 Å². The minimum Gasteiger partial charge on any atom is -0.497 e. The maximum atomic E-state index is 13.9. The van der Waals surface area contributed by atoms with Crippen LogP contribution in [0.3, 0.4) is 0 Å². The van der Waals surface area contributed by atoms with Crippen molar-refractivity contribution in [3.05, 3.63) is 65.7 Å². The van der Waals surface area contributed by atoms with Crippen molar-refractivity contribution in [3.63, 3.8) is 0 Å². The van der Waals surface area contributed by atoms with E-state index < -0.39 is 0 Å². The molecule has 0 spiro atoms. The molecule has 0 aliphatic carbocycles. The van der Waals surface area contributed by atoms with E-state index in [0.717, 1.165) is 27.7 Å². The number of benzene rings is 2. The van der Waals surface area contributed by atoms with Crippen molar-refractivity contribution in [2.45, 2.75) is 17.5 Å². The molecule has 2 heterocycles. The van der Waals surface area contributed by atoms with Crippen molar-refractivity contribution >= 4 is 11.8 Å². The highest BCUT2D eigenvalue weighted by molar-refractivity contribution is 7.98. The van der Waals surface area contributed by atoms with Gasteiger partial charge in [-0.1, -0.05) is 17.8 Å². The van der Waals surface area contributed by atoms with Crippen LogP contribution in [-0.4, -0.2) is 23.5 Å². The lowest BCUT2D eigenvalue weighted by Gasteiger charge is -2.20. The van der Waals surface area contributed by atoms with Crippen LogP contribution in [0.1, 0.15) is 11.1 Å². The Kier molecular flexibility index (Phi) is 4.81. The van der Waals surface area contributed by atoms with Crippen LogP contribution in [0.25, 0.3) is 5.69 Å². The highest BCUT2D eigenvalue weighted by Gasteiger charge is 2.18. The second-order valence-corrected chi connectivity index (χ2v) is 6.68. The molecule has 3 aromatic rings. The largest absolute Gasteiger partial charge is 0.497 e. The van der Waals surface area contributed by atoms with E-state index in [1.807, 2.05) is 35.0 Å². The maximum absolute atomic E-state index is 13.9. The van der Waals surface area contributed by atoms with Crippen LogP contribution in [0.2, 0.25) is 0 Å². The number of ether oxygens (including phenoxy) is 3. The Morgan fingerprint density at radius 2 is 2.23 bits per heavy atom. The van der Waals surface area contributed by atoms with E-state index in [-0.39, 0.29) is 12.6 Å². The third kappa shape index (κ3) is 3.40. The van der Waals surface area contributed by atoms with Gasteiger partial charge in [0.2, 0.25) is 0 Å². The van der Waals surface area contributed by atoms with Crippen LogP contribution < -0.4 is 9.47 Å². The summed E-state index contributed by atoms with van der Waals surface area (Å²) in [4.78, 5) is 4.42. The van der Waals surface area contributed by atoms with Crippen molar-refractivity contribution in [3.8, 4) is 17.2 Å². The molecule has 0 radical (unpaired) electrons. The maximum Gasteiger partial charge on any atom is 0.189 e. The number of aromatic nitrogens is 2. The molecule has 1 aliphatic heterocycles. The van der Waals surface area contributed by atoms with Crippen LogP contribution in [-0.2, 0) is 17.1 Å². The van der Waals surface area contributed by atoms with E-state index in [2.05, 4.69) is 4.98 Å². The first-order valence-electron chi connectivity index (χ1n) is 8.07. The summed E-state index contributed by atoms with van der Waals surface area (Å²) in [5.41, 5.74) is 2.49. The molecule has 0 saturated carbocycles. The number of nitrogens with zero attached hydrogens (tertiary/aromatic N) is 2. The molecule has 2 aromatic carbocycles. The number of hydrogen-bond donors (Lipinski definition) is 0. The molecule has 0 saturated heterocycles. The fourth-order valence-corrected chi connectivity index (χ4v) is 3.80. The molecule has 4 rings (SSSR count). The lowest BCUT2D eigenvalue weighted by Crippen LogP contribution is -2.13. The zero-order chi connectivity index (χ0) is 17.9. The molecule has 134 valence electrons. The quantitative estimate of drug-likeness (QED) is 0.629. The van der Waals surface area contributed by atoms with Gasteiger partial charge in [-0.3, -0.25) is 4.57 Å². The summed E-state index contributed by atoms with van der Waals surface area (Å²) in [5.74, 6) is 1.75. The standard InChI is InChI=1S/C19H17FN2O3S/c1-23-17-4-2-3-16(9-17)22-6-5-21-19(22)26-11-14-8-15(20)7-13-10-24-12-25-18(13)14/h2-9H,10-12H2,1H3. The van der Waals surface area contributed by atoms with Gasteiger partial charge >= 0.3 is 0 Å². The van der Waals surface area contributed by atoms with Crippen molar-refractivity contribution < 1.29 is 18.6 Å². The molecule has 0 unspecified atom stereocenters. The molecule has 0 N–H and O–H groups in total. The highest BCUT2D eigenvalue weighted by Crippen LogP contribution is 2.34. The summed E-state index contributed by atoms with van der Waals surface area (Å²) >= 11 is 1.52. The average molecular weight is 372 g/mol. The van der Waals surface area contributed by atoms with Gasteiger partial charge in [-0.25, -0.2) is 9.37 Å². The molecule has 7 heteroatoms. The number of thioether (sulfide) groups is 1. The summed E-state index contributed by atoms with van der Waals surface area (Å²) in [5, 5.41) is 0.809. The number of imidazole rings is 1. The first-order chi connectivity index (χ1) is 12.7. The van der Waals surface area contributed by atoms with Gasteiger partial charge in [0.1, 0.15) is 17.3 Å². The van der Waals surface area contributed by atoms with Gasteiger partial charge in [0, 0.05) is 35.3 Å². The van der Waals surface area contributed by atoms with Crippen molar-refractivity contribution in [2.24, 2.45) is 0 Å². The Hall–Kier alpha value is -2.51. The van der Waals surface area contributed by atoms with Gasteiger partial charge in [-0.2, -0.15) is 0 Å². The fraction of sp³-hybridized carbons (Fsp3) is 0.211. The highest BCUT2D eigenvalue weighted by atomic mass is 32.2. The zero-order valence-electron chi connectivity index (χ0n) is 14.1. The third-order valence-corrected chi connectivity index (χ3v) is 5.06. The minimum absolute atomic E-state index is 0.189. The van der Waals surface area contributed by atoms with Gasteiger partial charge in [-0.15, -0.1) is 0 Å². The van der Waals surface area contributed by atoms with E-state index in [0.29, 0.717) is 18.1 Å². The summed E-state index contributed by atoms with van der Waals surface area (Å²) in [7, 11) is 1.64. The predicted molar refractivity (Wildman–Crippen MR) is 96.4 cm³/mol. The molecular formula is C19H17FN2O3S. The fourth-order valence-electron chi connectivity index (χ4n) is 2.86. The van der Waals surface area contributed by atoms with E-state index in [4.69, 9.17) is 14.2 Å². The summed E-state index contributed by atoms with van der Waals surface area (Å²) in [6.07, 6.45) is 3.63. The molecule has 0 bridgehead atoms. The first-order valence-corrected chi connectivity index (χ1v) is 9.05. The Balaban J connectivity index is 1.58. The molecule has 0 amide bonds. The molecule has 0 fully saturated rings. The summed E-state index contributed by atoms with van der Waals surface area (Å²) < 4.78 is 32.0. The van der Waals surface area contributed by atoms with E-state index in [1.165, 1.54) is 23.9 Å². The number of hydrogen-bond acceptors (Lipinski definition) is 5. The van der Waals surface area contributed by atoms with Gasteiger partial charge in [0.05, 0.1) is 19.4 Å². The minimum atomic E-state index is -0.287. The number of halogens is 1. The number of fused-ring (bicyclic) bond motifs is 1. The summed E-state index contributed by atoms with van der Waals surface area (Å²) in [6.45, 7) is 0.554. The van der Waals surface area contributed by atoms with E-state index >= 15 is 0 Å². The van der Waals surface area contributed by atoms with Gasteiger partial charge in [-0.05, 0) is 24.3 Å². The molecule has 1 aromatic heterocycles.